The van der Waals surface area contributed by atoms with Crippen molar-refractivity contribution in [1.29, 1.82) is 0 Å². The molecule has 5 heteroatoms. The number of carbonyl (C=O) groups is 1. The summed E-state index contributed by atoms with van der Waals surface area (Å²) in [5.74, 6) is 0.437. The fourth-order valence-electron chi connectivity index (χ4n) is 2.69. The molecule has 0 bridgehead atoms. The number of carbonyl (C=O) groups excluding carboxylic acids is 1. The molecule has 1 aliphatic heterocycles. The highest BCUT2D eigenvalue weighted by Gasteiger charge is 2.25. The third kappa shape index (κ3) is 3.54. The third-order valence-corrected chi connectivity index (χ3v) is 4.33. The Kier molecular flexibility index (Phi) is 4.41. The summed E-state index contributed by atoms with van der Waals surface area (Å²) in [6.07, 6.45) is 1.54. The van der Waals surface area contributed by atoms with Gasteiger partial charge in [-0.2, -0.15) is 0 Å². The largest absolute Gasteiger partial charge is 0.459 e. The van der Waals surface area contributed by atoms with Gasteiger partial charge in [0.15, 0.2) is 5.76 Å². The zero-order chi connectivity index (χ0) is 14.7. The Balaban J connectivity index is 1.54. The molecule has 0 saturated carbocycles. The quantitative estimate of drug-likeness (QED) is 0.913. The topological polar surface area (TPSA) is 37.9 Å². The van der Waals surface area contributed by atoms with Crippen molar-refractivity contribution in [2.45, 2.75) is 6.54 Å². The predicted molar refractivity (Wildman–Crippen MR) is 83.2 cm³/mol. The number of hydrogen-bond donors (Lipinski definition) is 1. The molecule has 1 N–H and O–H groups in total. The van der Waals surface area contributed by atoms with E-state index in [9.17, 15) is 4.79 Å². The Hall–Kier alpha value is -1.59. The minimum Gasteiger partial charge on any atom is -0.459 e. The van der Waals surface area contributed by atoms with E-state index in [1.807, 2.05) is 11.0 Å². The number of furan rings is 1. The van der Waals surface area contributed by atoms with Gasteiger partial charge in [0.2, 0.25) is 0 Å². The molecular weight excluding hydrogens is 332 g/mol. The first-order chi connectivity index (χ1) is 10.2. The number of nitrogens with zero attached hydrogens (tertiary/aromatic N) is 1. The molecule has 2 aromatic rings. The molecule has 0 spiro atoms. The van der Waals surface area contributed by atoms with E-state index in [0.29, 0.717) is 5.76 Å². The van der Waals surface area contributed by atoms with Crippen LogP contribution in [-0.2, 0) is 6.54 Å². The summed E-state index contributed by atoms with van der Waals surface area (Å²) in [5.41, 5.74) is 1.32. The predicted octanol–water partition coefficient (Wildman–Crippen LogP) is 1.58. The van der Waals surface area contributed by atoms with E-state index >= 15 is 0 Å². The molecule has 0 unspecified atom stereocenters. The Morgan fingerprint density at radius 2 is 2.05 bits per heavy atom. The SMILES string of the molecule is O=C(c1ccco1)N1CC[NH+](Cc2cccc(Br)c2)CC1. The molecule has 0 radical (unpaired) electrons. The van der Waals surface area contributed by atoms with Crippen LogP contribution in [0.5, 0.6) is 0 Å². The average molecular weight is 350 g/mol. The molecule has 21 heavy (non-hydrogen) atoms. The van der Waals surface area contributed by atoms with E-state index in [2.05, 4.69) is 34.1 Å². The van der Waals surface area contributed by atoms with Crippen molar-refractivity contribution in [3.05, 3.63) is 58.5 Å². The van der Waals surface area contributed by atoms with Crippen molar-refractivity contribution < 1.29 is 14.1 Å². The molecule has 1 aliphatic rings. The molecule has 4 nitrogen and oxygen atoms in total. The van der Waals surface area contributed by atoms with Crippen LogP contribution in [0, 0.1) is 0 Å². The lowest BCUT2D eigenvalue weighted by Crippen LogP contribution is -3.13. The van der Waals surface area contributed by atoms with Gasteiger partial charge >= 0.3 is 0 Å². The zero-order valence-corrected chi connectivity index (χ0v) is 13.3. The second-order valence-electron chi connectivity index (χ2n) is 5.33. The molecule has 1 fully saturated rings. The Labute approximate surface area is 132 Å². The lowest BCUT2D eigenvalue weighted by atomic mass is 10.2. The lowest BCUT2D eigenvalue weighted by molar-refractivity contribution is -0.917. The van der Waals surface area contributed by atoms with Crippen LogP contribution in [0.1, 0.15) is 16.1 Å². The van der Waals surface area contributed by atoms with Gasteiger partial charge in [0, 0.05) is 10.0 Å². The molecular formula is C16H18BrN2O2+. The van der Waals surface area contributed by atoms with Crippen molar-refractivity contribution in [3.63, 3.8) is 0 Å². The van der Waals surface area contributed by atoms with Crippen LogP contribution in [0.15, 0.2) is 51.6 Å². The first kappa shape index (κ1) is 14.4. The van der Waals surface area contributed by atoms with Crippen LogP contribution in [0.3, 0.4) is 0 Å². The van der Waals surface area contributed by atoms with Gasteiger partial charge in [-0.3, -0.25) is 4.79 Å². The number of quaternary nitrogens is 1. The molecule has 1 aromatic heterocycles. The number of piperazine rings is 1. The standard InChI is InChI=1S/C16H17BrN2O2/c17-14-4-1-3-13(11-14)12-18-6-8-19(9-7-18)16(20)15-5-2-10-21-15/h1-5,10-11H,6-9,12H2/p+1. The minimum absolute atomic E-state index is 0.00139. The summed E-state index contributed by atoms with van der Waals surface area (Å²) < 4.78 is 6.30. The second kappa shape index (κ2) is 6.45. The molecule has 0 aliphatic carbocycles. The van der Waals surface area contributed by atoms with Gasteiger partial charge in [0.1, 0.15) is 6.54 Å². The third-order valence-electron chi connectivity index (χ3n) is 3.83. The van der Waals surface area contributed by atoms with E-state index < -0.39 is 0 Å². The van der Waals surface area contributed by atoms with Crippen molar-refractivity contribution in [2.24, 2.45) is 0 Å². The van der Waals surface area contributed by atoms with Gasteiger partial charge in [-0.05, 0) is 24.3 Å². The minimum atomic E-state index is 0.00139. The zero-order valence-electron chi connectivity index (χ0n) is 11.7. The molecule has 1 aromatic carbocycles. The summed E-state index contributed by atoms with van der Waals surface area (Å²) in [6, 6.07) is 11.9. The summed E-state index contributed by atoms with van der Waals surface area (Å²) in [6.45, 7) is 4.51. The molecule has 2 heterocycles. The summed E-state index contributed by atoms with van der Waals surface area (Å²) in [5, 5.41) is 0. The fourth-order valence-corrected chi connectivity index (χ4v) is 3.14. The smallest absolute Gasteiger partial charge is 0.289 e. The lowest BCUT2D eigenvalue weighted by Gasteiger charge is -2.31. The van der Waals surface area contributed by atoms with Crippen molar-refractivity contribution in [1.82, 2.24) is 4.90 Å². The van der Waals surface area contributed by atoms with Crippen LogP contribution in [0.4, 0.5) is 0 Å². The van der Waals surface area contributed by atoms with E-state index in [1.54, 1.807) is 18.4 Å². The maximum atomic E-state index is 12.2. The van der Waals surface area contributed by atoms with Crippen molar-refractivity contribution in [3.8, 4) is 0 Å². The normalized spacial score (nSPS) is 16.1. The number of amides is 1. The number of hydrogen-bond acceptors (Lipinski definition) is 2. The van der Waals surface area contributed by atoms with Crippen LogP contribution >= 0.6 is 15.9 Å². The number of halogens is 1. The highest BCUT2D eigenvalue weighted by Crippen LogP contribution is 2.11. The first-order valence-electron chi connectivity index (χ1n) is 7.13. The molecule has 3 rings (SSSR count). The van der Waals surface area contributed by atoms with Gasteiger partial charge in [-0.1, -0.05) is 28.1 Å². The van der Waals surface area contributed by atoms with Crippen molar-refractivity contribution >= 4 is 21.8 Å². The van der Waals surface area contributed by atoms with Gasteiger partial charge in [-0.25, -0.2) is 0 Å². The van der Waals surface area contributed by atoms with Gasteiger partial charge in [-0.15, -0.1) is 0 Å². The van der Waals surface area contributed by atoms with E-state index in [-0.39, 0.29) is 5.91 Å². The first-order valence-corrected chi connectivity index (χ1v) is 7.92. The summed E-state index contributed by atoms with van der Waals surface area (Å²) in [4.78, 5) is 15.6. The summed E-state index contributed by atoms with van der Waals surface area (Å²) in [7, 11) is 0. The molecule has 110 valence electrons. The van der Waals surface area contributed by atoms with E-state index in [1.165, 1.54) is 10.5 Å². The monoisotopic (exact) mass is 349 g/mol. The Morgan fingerprint density at radius 1 is 1.24 bits per heavy atom. The van der Waals surface area contributed by atoms with E-state index in [4.69, 9.17) is 4.42 Å². The molecule has 0 atom stereocenters. The second-order valence-corrected chi connectivity index (χ2v) is 6.24. The number of rotatable bonds is 3. The molecule has 1 saturated heterocycles. The summed E-state index contributed by atoms with van der Waals surface area (Å²) >= 11 is 3.51. The van der Waals surface area contributed by atoms with Crippen LogP contribution in [-0.4, -0.2) is 37.0 Å². The van der Waals surface area contributed by atoms with Crippen LogP contribution < -0.4 is 4.90 Å². The van der Waals surface area contributed by atoms with Gasteiger partial charge < -0.3 is 14.2 Å². The van der Waals surface area contributed by atoms with Gasteiger partial charge in [0.05, 0.1) is 32.4 Å². The maximum absolute atomic E-state index is 12.2. The Bertz CT molecular complexity index is 604. The Morgan fingerprint density at radius 3 is 2.71 bits per heavy atom. The number of nitrogens with one attached hydrogen (secondary N) is 1. The highest BCUT2D eigenvalue weighted by molar-refractivity contribution is 9.10. The van der Waals surface area contributed by atoms with E-state index in [0.717, 1.165) is 37.2 Å². The maximum Gasteiger partial charge on any atom is 0.289 e. The average Bonchev–Trinajstić information content (AvgIpc) is 3.01. The fraction of sp³-hybridized carbons (Fsp3) is 0.312. The van der Waals surface area contributed by atoms with Crippen LogP contribution in [0.25, 0.3) is 0 Å². The van der Waals surface area contributed by atoms with Crippen molar-refractivity contribution in [2.75, 3.05) is 26.2 Å². The van der Waals surface area contributed by atoms with Gasteiger partial charge in [0.25, 0.3) is 5.91 Å². The number of benzene rings is 1. The van der Waals surface area contributed by atoms with Crippen LogP contribution in [0.2, 0.25) is 0 Å². The highest BCUT2D eigenvalue weighted by atomic mass is 79.9. The molecule has 1 amide bonds.